The van der Waals surface area contributed by atoms with E-state index < -0.39 is 0 Å². The Labute approximate surface area is 152 Å². The smallest absolute Gasteiger partial charge is 0.316 e. The lowest BCUT2D eigenvalue weighted by Crippen LogP contribution is -2.24. The molecule has 0 bridgehead atoms. The Morgan fingerprint density at radius 1 is 1.15 bits per heavy atom. The Morgan fingerprint density at radius 2 is 1.96 bits per heavy atom. The number of hydrogen-bond acceptors (Lipinski definition) is 3. The predicted molar refractivity (Wildman–Crippen MR) is 104 cm³/mol. The number of pyridine rings is 1. The average molecular weight is 347 g/mol. The number of aryl methyl sites for hydroxylation is 2. The summed E-state index contributed by atoms with van der Waals surface area (Å²) in [6.07, 6.45) is 5.21. The Kier molecular flexibility index (Phi) is 5.12. The number of rotatable bonds is 4. The lowest BCUT2D eigenvalue weighted by atomic mass is 10.2. The first-order valence-corrected chi connectivity index (χ1v) is 8.31. The number of nitrogens with one attached hydrogen (secondary N) is 2. The van der Waals surface area contributed by atoms with Crippen LogP contribution in [0.3, 0.4) is 0 Å². The van der Waals surface area contributed by atoms with Gasteiger partial charge in [0.1, 0.15) is 0 Å². The zero-order chi connectivity index (χ0) is 18.5. The number of hydrogen-bond donors (Lipinski definition) is 2. The maximum atomic E-state index is 12.0. The maximum absolute atomic E-state index is 12.0. The summed E-state index contributed by atoms with van der Waals surface area (Å²) in [5.74, 6) is 0. The van der Waals surface area contributed by atoms with Crippen LogP contribution in [-0.2, 0) is 0 Å². The minimum atomic E-state index is -0.378. The molecule has 0 saturated heterocycles. The van der Waals surface area contributed by atoms with E-state index in [-0.39, 0.29) is 6.03 Å². The van der Waals surface area contributed by atoms with Crippen LogP contribution in [0.25, 0.3) is 5.69 Å². The van der Waals surface area contributed by atoms with Gasteiger partial charge in [0.2, 0.25) is 0 Å². The van der Waals surface area contributed by atoms with Gasteiger partial charge in [-0.25, -0.2) is 10.2 Å². The van der Waals surface area contributed by atoms with Gasteiger partial charge in [0.05, 0.1) is 18.1 Å². The molecule has 0 spiro atoms. The van der Waals surface area contributed by atoms with E-state index >= 15 is 0 Å². The number of carbonyl (C=O) groups is 1. The summed E-state index contributed by atoms with van der Waals surface area (Å²) in [6.45, 7) is 5.97. The summed E-state index contributed by atoms with van der Waals surface area (Å²) >= 11 is 0. The van der Waals surface area contributed by atoms with Crippen LogP contribution in [0.15, 0.2) is 60.0 Å². The second-order valence-electron chi connectivity index (χ2n) is 6.01. The molecular weight excluding hydrogens is 326 g/mol. The van der Waals surface area contributed by atoms with Crippen LogP contribution >= 0.6 is 0 Å². The van der Waals surface area contributed by atoms with Gasteiger partial charge in [0, 0.05) is 28.8 Å². The van der Waals surface area contributed by atoms with Crippen molar-refractivity contribution in [3.8, 4) is 5.69 Å². The molecular formula is C20H21N5O. The van der Waals surface area contributed by atoms with Crippen molar-refractivity contribution >= 4 is 17.9 Å². The fourth-order valence-electron chi connectivity index (χ4n) is 2.83. The first kappa shape index (κ1) is 17.4. The topological polar surface area (TPSA) is 71.3 Å². The molecule has 0 fully saturated rings. The molecule has 0 atom stereocenters. The summed E-state index contributed by atoms with van der Waals surface area (Å²) in [7, 11) is 0. The van der Waals surface area contributed by atoms with Crippen molar-refractivity contribution in [2.24, 2.45) is 5.10 Å². The summed E-state index contributed by atoms with van der Waals surface area (Å²) in [4.78, 5) is 16.1. The molecule has 2 amide bonds. The molecule has 0 saturated carbocycles. The van der Waals surface area contributed by atoms with E-state index in [0.29, 0.717) is 0 Å². The second kappa shape index (κ2) is 7.65. The van der Waals surface area contributed by atoms with Gasteiger partial charge >= 0.3 is 6.03 Å². The third-order valence-electron chi connectivity index (χ3n) is 4.14. The van der Waals surface area contributed by atoms with Crippen LogP contribution in [0.1, 0.15) is 22.5 Å². The van der Waals surface area contributed by atoms with E-state index in [4.69, 9.17) is 0 Å². The van der Waals surface area contributed by atoms with E-state index in [2.05, 4.69) is 25.4 Å². The van der Waals surface area contributed by atoms with Gasteiger partial charge in [0.15, 0.2) is 0 Å². The Bertz CT molecular complexity index is 944. The van der Waals surface area contributed by atoms with Crippen molar-refractivity contribution in [1.82, 2.24) is 15.0 Å². The van der Waals surface area contributed by atoms with Crippen LogP contribution in [0.2, 0.25) is 0 Å². The molecule has 0 unspecified atom stereocenters. The monoisotopic (exact) mass is 347 g/mol. The minimum Gasteiger partial charge on any atom is -0.316 e. The summed E-state index contributed by atoms with van der Waals surface area (Å²) in [5, 5.41) is 6.84. The molecule has 6 heteroatoms. The number of para-hydroxylation sites is 1. The molecule has 2 aromatic heterocycles. The molecule has 2 heterocycles. The minimum absolute atomic E-state index is 0.378. The van der Waals surface area contributed by atoms with Crippen molar-refractivity contribution in [2.75, 3.05) is 5.32 Å². The van der Waals surface area contributed by atoms with Gasteiger partial charge < -0.3 is 9.88 Å². The Hall–Kier alpha value is -3.41. The molecule has 0 aliphatic carbocycles. The highest BCUT2D eigenvalue weighted by Gasteiger charge is 2.09. The number of benzene rings is 1. The zero-order valence-corrected chi connectivity index (χ0v) is 15.0. The van der Waals surface area contributed by atoms with Gasteiger partial charge in [-0.15, -0.1) is 0 Å². The highest BCUT2D eigenvalue weighted by atomic mass is 16.2. The van der Waals surface area contributed by atoms with Crippen LogP contribution in [-0.4, -0.2) is 21.8 Å². The third kappa shape index (κ3) is 3.80. The molecule has 1 aromatic carbocycles. The molecule has 132 valence electrons. The number of urea groups is 1. The van der Waals surface area contributed by atoms with Crippen molar-refractivity contribution in [2.45, 2.75) is 20.8 Å². The largest absolute Gasteiger partial charge is 0.339 e. The molecule has 0 aliphatic rings. The third-order valence-corrected chi connectivity index (χ3v) is 4.14. The highest BCUT2D eigenvalue weighted by molar-refractivity contribution is 5.91. The molecule has 26 heavy (non-hydrogen) atoms. The quantitative estimate of drug-likeness (QED) is 0.554. The van der Waals surface area contributed by atoms with Gasteiger partial charge in [0.25, 0.3) is 0 Å². The maximum Gasteiger partial charge on any atom is 0.339 e. The fraction of sp³-hybridized carbons (Fsp3) is 0.150. The number of amides is 2. The SMILES string of the molecule is Cc1ccccc1NC(=O)NN=Cc1cc(C)n(-c2cccnc2)c1C. The van der Waals surface area contributed by atoms with E-state index in [0.717, 1.165) is 33.9 Å². The second-order valence-corrected chi connectivity index (χ2v) is 6.01. The number of anilines is 1. The van der Waals surface area contributed by atoms with Gasteiger partial charge in [-0.2, -0.15) is 5.10 Å². The first-order chi connectivity index (χ1) is 12.6. The van der Waals surface area contributed by atoms with Gasteiger partial charge in [-0.1, -0.05) is 18.2 Å². The van der Waals surface area contributed by atoms with Crippen LogP contribution in [0, 0.1) is 20.8 Å². The number of nitrogens with zero attached hydrogens (tertiary/aromatic N) is 3. The number of carbonyl (C=O) groups excluding carboxylic acids is 1. The zero-order valence-electron chi connectivity index (χ0n) is 15.0. The molecule has 0 radical (unpaired) electrons. The lowest BCUT2D eigenvalue weighted by Gasteiger charge is -2.08. The van der Waals surface area contributed by atoms with Crippen molar-refractivity contribution in [1.29, 1.82) is 0 Å². The van der Waals surface area contributed by atoms with Gasteiger partial charge in [-0.05, 0) is 50.6 Å². The van der Waals surface area contributed by atoms with Crippen LogP contribution < -0.4 is 10.7 Å². The predicted octanol–water partition coefficient (Wildman–Crippen LogP) is 3.95. The lowest BCUT2D eigenvalue weighted by molar-refractivity contribution is 0.252. The number of aromatic nitrogens is 2. The van der Waals surface area contributed by atoms with Crippen molar-refractivity contribution < 1.29 is 4.79 Å². The van der Waals surface area contributed by atoms with Crippen LogP contribution in [0.4, 0.5) is 10.5 Å². The van der Waals surface area contributed by atoms with Gasteiger partial charge in [-0.3, -0.25) is 4.98 Å². The standard InChI is InChI=1S/C20H21N5O/c1-14-7-4-5-9-19(14)23-20(26)24-22-12-17-11-15(2)25(16(17)3)18-8-6-10-21-13-18/h4-13H,1-3H3,(H2,23,24,26). The molecule has 6 nitrogen and oxygen atoms in total. The van der Waals surface area contributed by atoms with E-state index in [9.17, 15) is 4.79 Å². The Morgan fingerprint density at radius 3 is 2.69 bits per heavy atom. The molecule has 3 aromatic rings. The van der Waals surface area contributed by atoms with Crippen molar-refractivity contribution in [3.05, 3.63) is 77.4 Å². The molecule has 3 rings (SSSR count). The van der Waals surface area contributed by atoms with E-state index in [1.165, 1.54) is 0 Å². The average Bonchev–Trinajstić information content (AvgIpc) is 2.91. The van der Waals surface area contributed by atoms with Crippen LogP contribution in [0.5, 0.6) is 0 Å². The van der Waals surface area contributed by atoms with Crippen molar-refractivity contribution in [3.63, 3.8) is 0 Å². The highest BCUT2D eigenvalue weighted by Crippen LogP contribution is 2.18. The normalized spacial score (nSPS) is 10.9. The fourth-order valence-corrected chi connectivity index (χ4v) is 2.83. The first-order valence-electron chi connectivity index (χ1n) is 8.31. The summed E-state index contributed by atoms with van der Waals surface area (Å²) in [6, 6.07) is 13.1. The van der Waals surface area contributed by atoms with E-state index in [1.54, 1.807) is 12.4 Å². The molecule has 2 N–H and O–H groups in total. The molecule has 0 aliphatic heterocycles. The summed E-state index contributed by atoms with van der Waals surface area (Å²) < 4.78 is 2.10. The number of hydrazone groups is 1. The Balaban J connectivity index is 1.70. The summed E-state index contributed by atoms with van der Waals surface area (Å²) in [5.41, 5.74) is 8.28. The van der Waals surface area contributed by atoms with E-state index in [1.807, 2.05) is 69.4 Å².